The van der Waals surface area contributed by atoms with Crippen LogP contribution in [0.15, 0.2) is 36.5 Å². The third-order valence-electron chi connectivity index (χ3n) is 5.68. The van der Waals surface area contributed by atoms with E-state index in [0.717, 1.165) is 43.1 Å². The van der Waals surface area contributed by atoms with E-state index in [-0.39, 0.29) is 0 Å². The molecule has 0 bridgehead atoms. The van der Waals surface area contributed by atoms with E-state index in [0.29, 0.717) is 5.56 Å². The van der Waals surface area contributed by atoms with Gasteiger partial charge >= 0.3 is 6.18 Å². The molecule has 1 aromatic carbocycles. The molecule has 1 aliphatic heterocycles. The number of fused-ring (bicyclic) bond motifs is 3. The second kappa shape index (κ2) is 7.34. The summed E-state index contributed by atoms with van der Waals surface area (Å²) < 4.78 is 40.6. The SMILES string of the molecule is C/C(=C\n1c2c(c3cc(C)ccc31)CCN(C)CC2)c1ccc(C(F)(F)F)nc1. The molecular formula is C23H24F3N3. The fourth-order valence-electron chi connectivity index (χ4n) is 4.02. The Balaban J connectivity index is 1.81. The second-order valence-electron chi connectivity index (χ2n) is 7.86. The van der Waals surface area contributed by atoms with Crippen molar-refractivity contribution in [2.45, 2.75) is 32.9 Å². The van der Waals surface area contributed by atoms with Crippen LogP contribution in [0.5, 0.6) is 0 Å². The van der Waals surface area contributed by atoms with Gasteiger partial charge in [0.1, 0.15) is 5.69 Å². The lowest BCUT2D eigenvalue weighted by atomic mass is 10.1. The van der Waals surface area contributed by atoms with E-state index in [2.05, 4.69) is 46.6 Å². The largest absolute Gasteiger partial charge is 0.433 e. The van der Waals surface area contributed by atoms with Crippen molar-refractivity contribution in [2.75, 3.05) is 20.1 Å². The number of allylic oxidation sites excluding steroid dienone is 1. The molecule has 0 radical (unpaired) electrons. The first-order valence-electron chi connectivity index (χ1n) is 9.77. The summed E-state index contributed by atoms with van der Waals surface area (Å²) in [7, 11) is 2.14. The molecule has 0 spiro atoms. The van der Waals surface area contributed by atoms with Gasteiger partial charge in [-0.2, -0.15) is 13.2 Å². The van der Waals surface area contributed by atoms with Crippen molar-refractivity contribution in [3.05, 3.63) is 64.6 Å². The molecule has 0 amide bonds. The monoisotopic (exact) mass is 399 g/mol. The Bertz CT molecular complexity index is 1080. The standard InChI is InChI=1S/C23H24F3N3/c1-15-4-6-20-19(12-15)18-8-10-28(3)11-9-21(18)29(20)14-16(2)17-5-7-22(27-13-17)23(24,25)26/h4-7,12-14H,8-11H2,1-3H3/b16-14+. The van der Waals surface area contributed by atoms with Crippen LogP contribution >= 0.6 is 0 Å². The van der Waals surface area contributed by atoms with Crippen LogP contribution in [0, 0.1) is 6.92 Å². The number of likely N-dealkylation sites (N-methyl/N-ethyl adjacent to an activating group) is 1. The summed E-state index contributed by atoms with van der Waals surface area (Å²) in [6.45, 7) is 6.02. The first-order chi connectivity index (χ1) is 13.7. The summed E-state index contributed by atoms with van der Waals surface area (Å²) in [6.07, 6.45) is 0.846. The van der Waals surface area contributed by atoms with Gasteiger partial charge < -0.3 is 9.47 Å². The van der Waals surface area contributed by atoms with Crippen molar-refractivity contribution in [3.8, 4) is 0 Å². The van der Waals surface area contributed by atoms with Crippen LogP contribution in [0.1, 0.15) is 35.0 Å². The first kappa shape index (κ1) is 19.7. The van der Waals surface area contributed by atoms with Crippen LogP contribution in [0.3, 0.4) is 0 Å². The molecule has 3 nitrogen and oxygen atoms in total. The van der Waals surface area contributed by atoms with Crippen molar-refractivity contribution >= 4 is 22.7 Å². The molecule has 0 atom stereocenters. The van der Waals surface area contributed by atoms with Crippen molar-refractivity contribution in [2.24, 2.45) is 0 Å². The number of halogens is 3. The number of nitrogens with zero attached hydrogens (tertiary/aromatic N) is 3. The van der Waals surface area contributed by atoms with Gasteiger partial charge in [-0.25, -0.2) is 0 Å². The Labute approximate surface area is 168 Å². The molecule has 0 N–H and O–H groups in total. The van der Waals surface area contributed by atoms with Gasteiger partial charge in [-0.3, -0.25) is 4.98 Å². The van der Waals surface area contributed by atoms with Crippen molar-refractivity contribution < 1.29 is 13.2 Å². The molecule has 0 saturated heterocycles. The molecule has 0 aliphatic carbocycles. The van der Waals surface area contributed by atoms with Crippen molar-refractivity contribution in [3.63, 3.8) is 0 Å². The Morgan fingerprint density at radius 1 is 1.10 bits per heavy atom. The Hall–Kier alpha value is -2.60. The van der Waals surface area contributed by atoms with Crippen LogP contribution in [0.4, 0.5) is 13.2 Å². The Kier molecular flexibility index (Phi) is 4.99. The molecule has 6 heteroatoms. The highest BCUT2D eigenvalue weighted by molar-refractivity contribution is 5.90. The average Bonchev–Trinajstić information content (AvgIpc) is 2.81. The predicted octanol–water partition coefficient (Wildman–Crippen LogP) is 5.41. The summed E-state index contributed by atoms with van der Waals surface area (Å²) in [5.41, 5.74) is 5.73. The number of benzene rings is 1. The second-order valence-corrected chi connectivity index (χ2v) is 7.86. The van der Waals surface area contributed by atoms with Gasteiger partial charge in [0.2, 0.25) is 0 Å². The normalized spacial score (nSPS) is 16.1. The van der Waals surface area contributed by atoms with E-state index >= 15 is 0 Å². The zero-order valence-electron chi connectivity index (χ0n) is 16.8. The highest BCUT2D eigenvalue weighted by Gasteiger charge is 2.32. The van der Waals surface area contributed by atoms with E-state index in [1.54, 1.807) is 0 Å². The fourth-order valence-corrected chi connectivity index (χ4v) is 4.02. The van der Waals surface area contributed by atoms with Gasteiger partial charge in [0.25, 0.3) is 0 Å². The smallest absolute Gasteiger partial charge is 0.320 e. The minimum Gasteiger partial charge on any atom is -0.320 e. The highest BCUT2D eigenvalue weighted by atomic mass is 19.4. The maximum Gasteiger partial charge on any atom is 0.433 e. The molecule has 4 rings (SSSR count). The number of hydrogen-bond donors (Lipinski definition) is 0. The maximum atomic E-state index is 12.8. The third kappa shape index (κ3) is 3.81. The molecular weight excluding hydrogens is 375 g/mol. The average molecular weight is 399 g/mol. The molecule has 0 saturated carbocycles. The summed E-state index contributed by atoms with van der Waals surface area (Å²) >= 11 is 0. The van der Waals surface area contributed by atoms with Gasteiger partial charge in [0, 0.05) is 43.0 Å². The third-order valence-corrected chi connectivity index (χ3v) is 5.68. The predicted molar refractivity (Wildman–Crippen MR) is 111 cm³/mol. The van der Waals surface area contributed by atoms with Crippen molar-refractivity contribution in [1.82, 2.24) is 14.5 Å². The number of aryl methyl sites for hydroxylation is 1. The van der Waals surface area contributed by atoms with Crippen molar-refractivity contribution in [1.29, 1.82) is 0 Å². The summed E-state index contributed by atoms with van der Waals surface area (Å²) in [5, 5.41) is 1.27. The summed E-state index contributed by atoms with van der Waals surface area (Å²) in [5.74, 6) is 0. The van der Waals surface area contributed by atoms with E-state index < -0.39 is 11.9 Å². The Morgan fingerprint density at radius 2 is 1.86 bits per heavy atom. The zero-order valence-corrected chi connectivity index (χ0v) is 16.8. The number of rotatable bonds is 2. The number of alkyl halides is 3. The van der Waals surface area contributed by atoms with Gasteiger partial charge in [-0.15, -0.1) is 0 Å². The maximum absolute atomic E-state index is 12.8. The molecule has 3 heterocycles. The molecule has 29 heavy (non-hydrogen) atoms. The van der Waals surface area contributed by atoms with Crippen LogP contribution in [-0.4, -0.2) is 34.6 Å². The van der Waals surface area contributed by atoms with Crippen LogP contribution in [0.25, 0.3) is 22.7 Å². The van der Waals surface area contributed by atoms with Gasteiger partial charge in [-0.1, -0.05) is 17.7 Å². The lowest BCUT2D eigenvalue weighted by Crippen LogP contribution is -2.21. The van der Waals surface area contributed by atoms with Crippen LogP contribution < -0.4 is 0 Å². The molecule has 3 aromatic rings. The molecule has 1 aliphatic rings. The van der Waals surface area contributed by atoms with E-state index in [1.165, 1.54) is 34.5 Å². The minimum atomic E-state index is -4.42. The lowest BCUT2D eigenvalue weighted by molar-refractivity contribution is -0.141. The summed E-state index contributed by atoms with van der Waals surface area (Å²) in [6, 6.07) is 9.01. The van der Waals surface area contributed by atoms with Gasteiger partial charge in [-0.05, 0) is 62.2 Å². The number of pyridine rings is 1. The summed E-state index contributed by atoms with van der Waals surface area (Å²) in [4.78, 5) is 5.94. The zero-order chi connectivity index (χ0) is 20.8. The number of hydrogen-bond acceptors (Lipinski definition) is 2. The van der Waals surface area contributed by atoms with E-state index in [4.69, 9.17) is 0 Å². The van der Waals surface area contributed by atoms with Crippen LogP contribution in [0.2, 0.25) is 0 Å². The van der Waals surface area contributed by atoms with Gasteiger partial charge in [0.05, 0.1) is 5.52 Å². The minimum absolute atomic E-state index is 0.687. The Morgan fingerprint density at radius 3 is 2.55 bits per heavy atom. The first-order valence-corrected chi connectivity index (χ1v) is 9.77. The van der Waals surface area contributed by atoms with E-state index in [9.17, 15) is 13.2 Å². The molecule has 0 fully saturated rings. The topological polar surface area (TPSA) is 21.1 Å². The quantitative estimate of drug-likeness (QED) is 0.574. The number of aromatic nitrogens is 2. The lowest BCUT2D eigenvalue weighted by Gasteiger charge is -2.13. The molecule has 0 unspecified atom stereocenters. The van der Waals surface area contributed by atoms with Gasteiger partial charge in [0.15, 0.2) is 0 Å². The van der Waals surface area contributed by atoms with Crippen LogP contribution in [-0.2, 0) is 19.0 Å². The molecule has 152 valence electrons. The molecule has 2 aromatic heterocycles. The fraction of sp³-hybridized carbons (Fsp3) is 0.348. The highest BCUT2D eigenvalue weighted by Crippen LogP contribution is 2.32. The van der Waals surface area contributed by atoms with E-state index in [1.807, 2.05) is 13.1 Å².